The first kappa shape index (κ1) is 21.9. The average molecular weight is 391 g/mol. The van der Waals surface area contributed by atoms with Gasteiger partial charge in [0.2, 0.25) is 0 Å². The smallest absolute Gasteiger partial charge is 0.308 e. The Bertz CT molecular complexity index is 611. The average Bonchev–Trinajstić information content (AvgIpc) is 3.06. The van der Waals surface area contributed by atoms with Crippen molar-refractivity contribution in [2.75, 3.05) is 7.11 Å². The summed E-state index contributed by atoms with van der Waals surface area (Å²) in [5.41, 5.74) is 2.25. The predicted molar refractivity (Wildman–Crippen MR) is 114 cm³/mol. The van der Waals surface area contributed by atoms with Gasteiger partial charge >= 0.3 is 5.97 Å². The predicted octanol–water partition coefficient (Wildman–Crippen LogP) is 5.76. The molecule has 0 radical (unpaired) electrons. The lowest BCUT2D eigenvalue weighted by Gasteiger charge is -2.57. The van der Waals surface area contributed by atoms with E-state index in [1.807, 2.05) is 13.8 Å². The highest BCUT2D eigenvalue weighted by Gasteiger charge is 2.58. The van der Waals surface area contributed by atoms with Crippen LogP contribution < -0.4 is 0 Å². The minimum Gasteiger partial charge on any atom is -0.469 e. The van der Waals surface area contributed by atoms with Crippen molar-refractivity contribution >= 4 is 5.97 Å². The van der Waals surface area contributed by atoms with Crippen LogP contribution in [0.1, 0.15) is 86.0 Å². The highest BCUT2D eigenvalue weighted by molar-refractivity contribution is 5.72. The molecular formula is C25H42O3. The quantitative estimate of drug-likeness (QED) is 0.481. The zero-order valence-electron chi connectivity index (χ0n) is 19.0. The first-order chi connectivity index (χ1) is 13.3. The maximum atomic E-state index is 12.2. The van der Waals surface area contributed by atoms with E-state index in [0.717, 1.165) is 32.1 Å². The number of rotatable bonds is 2. The highest BCUT2D eigenvalue weighted by Crippen LogP contribution is 2.66. The minimum absolute atomic E-state index is 0.00158. The molecule has 1 N–H and O–H groups in total. The van der Waals surface area contributed by atoms with Crippen LogP contribution in [-0.2, 0) is 9.53 Å². The zero-order valence-corrected chi connectivity index (χ0v) is 19.0. The van der Waals surface area contributed by atoms with Gasteiger partial charge in [0.1, 0.15) is 0 Å². The molecule has 3 fully saturated rings. The molecule has 0 aromatic heterocycles. The Labute approximate surface area is 172 Å². The highest BCUT2D eigenvalue weighted by atomic mass is 16.5. The lowest BCUT2D eigenvalue weighted by Crippen LogP contribution is -2.49. The van der Waals surface area contributed by atoms with Crippen LogP contribution in [0.5, 0.6) is 0 Å². The van der Waals surface area contributed by atoms with Crippen molar-refractivity contribution in [3.05, 3.63) is 11.6 Å². The fraction of sp³-hybridized carbons (Fsp3) is 0.880. The Morgan fingerprint density at radius 2 is 1.89 bits per heavy atom. The van der Waals surface area contributed by atoms with Gasteiger partial charge in [-0.3, -0.25) is 4.79 Å². The van der Waals surface area contributed by atoms with Crippen molar-refractivity contribution < 1.29 is 14.6 Å². The summed E-state index contributed by atoms with van der Waals surface area (Å²) < 4.78 is 5.07. The van der Waals surface area contributed by atoms with Gasteiger partial charge < -0.3 is 9.84 Å². The number of carbonyl (C=O) groups excluding carboxylic acids is 1. The van der Waals surface area contributed by atoms with Crippen molar-refractivity contribution in [3.63, 3.8) is 0 Å². The molecule has 0 bridgehead atoms. The summed E-state index contributed by atoms with van der Waals surface area (Å²) in [5.74, 6) is 2.47. The van der Waals surface area contributed by atoms with Gasteiger partial charge in [0, 0.05) is 0 Å². The number of fused-ring (bicyclic) bond motifs is 5. The van der Waals surface area contributed by atoms with E-state index in [-0.39, 0.29) is 23.4 Å². The zero-order chi connectivity index (χ0) is 20.7. The third-order valence-corrected chi connectivity index (χ3v) is 9.25. The van der Waals surface area contributed by atoms with Crippen molar-refractivity contribution in [1.29, 1.82) is 0 Å². The molecule has 0 aromatic carbocycles. The van der Waals surface area contributed by atoms with Gasteiger partial charge in [-0.05, 0) is 85.9 Å². The third kappa shape index (κ3) is 3.26. The van der Waals surface area contributed by atoms with E-state index < -0.39 is 0 Å². The molecular weight excluding hydrogens is 348 g/mol. The molecule has 0 aliphatic heterocycles. The topological polar surface area (TPSA) is 46.5 Å². The van der Waals surface area contributed by atoms with Gasteiger partial charge in [-0.15, -0.1) is 0 Å². The SMILES string of the molecule is CC.COC(=O)[C@@H](C)C1CCC2C3CC[C@@H]4C[C@H](O)CC[C@]4(C)C3=CC[C@@]21C. The molecule has 3 nitrogen and oxygen atoms in total. The van der Waals surface area contributed by atoms with Crippen LogP contribution in [0.25, 0.3) is 0 Å². The minimum atomic E-state index is -0.0872. The molecule has 0 amide bonds. The van der Waals surface area contributed by atoms with E-state index in [0.29, 0.717) is 29.1 Å². The summed E-state index contributed by atoms with van der Waals surface area (Å²) in [4.78, 5) is 12.2. The van der Waals surface area contributed by atoms with Crippen LogP contribution in [0.15, 0.2) is 11.6 Å². The van der Waals surface area contributed by atoms with Crippen molar-refractivity contribution in [2.45, 2.75) is 92.1 Å². The van der Waals surface area contributed by atoms with Crippen molar-refractivity contribution in [2.24, 2.45) is 40.4 Å². The molecule has 4 rings (SSSR count). The molecule has 3 saturated carbocycles. The van der Waals surface area contributed by atoms with Crippen LogP contribution in [0, 0.1) is 40.4 Å². The lowest BCUT2D eigenvalue weighted by atomic mass is 9.48. The first-order valence-corrected chi connectivity index (χ1v) is 11.8. The number of ether oxygens (including phenoxy) is 1. The number of hydrogen-bond donors (Lipinski definition) is 1. The van der Waals surface area contributed by atoms with Crippen molar-refractivity contribution in [1.82, 2.24) is 0 Å². The Morgan fingerprint density at radius 3 is 2.57 bits per heavy atom. The second kappa shape index (κ2) is 8.13. The monoisotopic (exact) mass is 390 g/mol. The van der Waals surface area contributed by atoms with E-state index in [2.05, 4.69) is 26.8 Å². The summed E-state index contributed by atoms with van der Waals surface area (Å²) in [7, 11) is 1.52. The van der Waals surface area contributed by atoms with Crippen LogP contribution in [-0.4, -0.2) is 24.3 Å². The largest absolute Gasteiger partial charge is 0.469 e. The van der Waals surface area contributed by atoms with E-state index in [4.69, 9.17) is 4.74 Å². The van der Waals surface area contributed by atoms with Crippen LogP contribution in [0.2, 0.25) is 0 Å². The number of aliphatic hydroxyl groups excluding tert-OH is 1. The Kier molecular flexibility index (Phi) is 6.35. The number of hydrogen-bond acceptors (Lipinski definition) is 3. The summed E-state index contributed by atoms with van der Waals surface area (Å²) in [6.07, 6.45) is 11.7. The number of carbonyl (C=O) groups is 1. The Balaban J connectivity index is 0.00000109. The first-order valence-electron chi connectivity index (χ1n) is 11.8. The number of esters is 1. The van der Waals surface area contributed by atoms with E-state index in [1.165, 1.54) is 26.4 Å². The second-order valence-corrected chi connectivity index (χ2v) is 10.2. The Morgan fingerprint density at radius 1 is 1.18 bits per heavy atom. The molecule has 0 spiro atoms. The molecule has 3 unspecified atom stereocenters. The standard InChI is InChI=1S/C23H36O3.C2H6/c1-14(21(25)26-4)18-7-8-19-17-6-5-15-13-16(24)9-11-22(15,2)20(17)10-12-23(18,19)3;1-2/h10,14-19,24H,5-9,11-13H2,1-4H3;1-2H3/t14-,15+,16+,17?,18?,19?,22-,23+;/m0./s1. The van der Waals surface area contributed by atoms with Gasteiger partial charge in [0.05, 0.1) is 19.1 Å². The van der Waals surface area contributed by atoms with Crippen LogP contribution in [0.3, 0.4) is 0 Å². The number of aliphatic hydroxyl groups is 1. The summed E-state index contributed by atoms with van der Waals surface area (Å²) in [6, 6.07) is 0. The van der Waals surface area contributed by atoms with E-state index in [9.17, 15) is 9.90 Å². The molecule has 8 atom stereocenters. The lowest BCUT2D eigenvalue weighted by molar-refractivity contribution is -0.148. The second-order valence-electron chi connectivity index (χ2n) is 10.2. The van der Waals surface area contributed by atoms with Gasteiger partial charge in [-0.1, -0.05) is 46.3 Å². The molecule has 4 aliphatic carbocycles. The van der Waals surface area contributed by atoms with Crippen molar-refractivity contribution in [3.8, 4) is 0 Å². The summed E-state index contributed by atoms with van der Waals surface area (Å²) in [6.45, 7) is 11.0. The molecule has 4 aliphatic rings. The molecule has 160 valence electrons. The fourth-order valence-electron chi connectivity index (χ4n) is 7.71. The van der Waals surface area contributed by atoms with Gasteiger partial charge in [-0.2, -0.15) is 0 Å². The normalized spacial score (nSPS) is 45.4. The molecule has 3 heteroatoms. The van der Waals surface area contributed by atoms with Gasteiger partial charge in [-0.25, -0.2) is 0 Å². The van der Waals surface area contributed by atoms with Crippen LogP contribution >= 0.6 is 0 Å². The molecule has 0 aromatic rings. The summed E-state index contributed by atoms with van der Waals surface area (Å²) >= 11 is 0. The fourth-order valence-corrected chi connectivity index (χ4v) is 7.71. The molecule has 28 heavy (non-hydrogen) atoms. The summed E-state index contributed by atoms with van der Waals surface area (Å²) in [5, 5.41) is 10.2. The van der Waals surface area contributed by atoms with Gasteiger partial charge in [0.25, 0.3) is 0 Å². The maximum Gasteiger partial charge on any atom is 0.308 e. The molecule has 0 saturated heterocycles. The number of methoxy groups -OCH3 is 1. The van der Waals surface area contributed by atoms with E-state index in [1.54, 1.807) is 5.57 Å². The van der Waals surface area contributed by atoms with E-state index >= 15 is 0 Å². The Hall–Kier alpha value is -0.830. The molecule has 0 heterocycles. The van der Waals surface area contributed by atoms with Crippen LogP contribution in [0.4, 0.5) is 0 Å². The maximum absolute atomic E-state index is 12.2. The van der Waals surface area contributed by atoms with Gasteiger partial charge in [0.15, 0.2) is 0 Å². The third-order valence-electron chi connectivity index (χ3n) is 9.25. The number of allylic oxidation sites excluding steroid dienone is 2.